The molecule has 0 heteroatoms. The topological polar surface area (TPSA) is 0 Å². The molecule has 3 aliphatic rings. The third-order valence-corrected chi connectivity index (χ3v) is 5.48. The first-order valence-corrected chi connectivity index (χ1v) is 9.21. The van der Waals surface area contributed by atoms with E-state index >= 15 is 0 Å². The normalized spacial score (nSPS) is 21.8. The zero-order chi connectivity index (χ0) is 16.7. The van der Waals surface area contributed by atoms with Gasteiger partial charge in [0.15, 0.2) is 0 Å². The fraction of sp³-hybridized carbons (Fsp3) is 0.333. The van der Waals surface area contributed by atoms with Gasteiger partial charge >= 0.3 is 0 Å². The molecule has 122 valence electrons. The van der Waals surface area contributed by atoms with Gasteiger partial charge in [-0.05, 0) is 77.2 Å². The molecule has 4 rings (SSSR count). The van der Waals surface area contributed by atoms with E-state index in [9.17, 15) is 0 Å². The average molecular weight is 314 g/mol. The van der Waals surface area contributed by atoms with E-state index in [-0.39, 0.29) is 0 Å². The van der Waals surface area contributed by atoms with Crippen LogP contribution in [0.4, 0.5) is 0 Å². The minimum atomic E-state index is 0.609. The molecule has 0 N–H and O–H groups in total. The number of rotatable bonds is 4. The van der Waals surface area contributed by atoms with Crippen molar-refractivity contribution in [3.63, 3.8) is 0 Å². The number of benzene rings is 1. The summed E-state index contributed by atoms with van der Waals surface area (Å²) in [5.41, 5.74) is 10.1. The van der Waals surface area contributed by atoms with E-state index in [1.807, 2.05) is 0 Å². The molecule has 3 aliphatic carbocycles. The Hall–Kier alpha value is -2.08. The fourth-order valence-corrected chi connectivity index (χ4v) is 4.19. The van der Waals surface area contributed by atoms with Crippen LogP contribution in [-0.4, -0.2) is 0 Å². The molecule has 24 heavy (non-hydrogen) atoms. The van der Waals surface area contributed by atoms with Gasteiger partial charge in [-0.1, -0.05) is 62.4 Å². The lowest BCUT2D eigenvalue weighted by Crippen LogP contribution is -1.99. The van der Waals surface area contributed by atoms with Gasteiger partial charge in [-0.25, -0.2) is 0 Å². The predicted molar refractivity (Wildman–Crippen MR) is 105 cm³/mol. The largest absolute Gasteiger partial charge is 0.0798 e. The van der Waals surface area contributed by atoms with Crippen LogP contribution in [0.3, 0.4) is 0 Å². The highest BCUT2D eigenvalue weighted by Gasteiger charge is 2.20. The van der Waals surface area contributed by atoms with Crippen LogP contribution in [0.25, 0.3) is 11.6 Å². The molecule has 0 fully saturated rings. The van der Waals surface area contributed by atoms with Gasteiger partial charge in [0.2, 0.25) is 0 Å². The highest BCUT2D eigenvalue weighted by Crippen LogP contribution is 2.39. The predicted octanol–water partition coefficient (Wildman–Crippen LogP) is 6.83. The van der Waals surface area contributed by atoms with E-state index in [1.165, 1.54) is 45.4 Å². The molecule has 0 amide bonds. The van der Waals surface area contributed by atoms with E-state index in [0.717, 1.165) is 18.8 Å². The standard InChI is InChI=1S/C24H26/c1-16(2)13-20-9-10-22-15-19(11-12-24(20)22)18-7-8-21(14-18)23-6-4-5-17(23)3/h4-5,8-12,14-16,20H,6-7,13H2,1-3H3. The Morgan fingerprint density at radius 3 is 2.75 bits per heavy atom. The van der Waals surface area contributed by atoms with Crippen LogP contribution in [0.5, 0.6) is 0 Å². The maximum Gasteiger partial charge on any atom is 0.00296 e. The van der Waals surface area contributed by atoms with Crippen molar-refractivity contribution in [3.8, 4) is 0 Å². The number of hydrogen-bond donors (Lipinski definition) is 0. The Bertz CT molecular complexity index is 822. The van der Waals surface area contributed by atoms with Crippen molar-refractivity contribution in [2.45, 2.75) is 46.0 Å². The quantitative estimate of drug-likeness (QED) is 0.571. The summed E-state index contributed by atoms with van der Waals surface area (Å²) in [6.45, 7) is 6.84. The highest BCUT2D eigenvalue weighted by atomic mass is 14.2. The molecule has 0 bridgehead atoms. The maximum absolute atomic E-state index is 2.40. The monoisotopic (exact) mass is 314 g/mol. The molecule has 1 atom stereocenters. The summed E-state index contributed by atoms with van der Waals surface area (Å²) < 4.78 is 0. The Labute approximate surface area is 146 Å². The third-order valence-electron chi connectivity index (χ3n) is 5.48. The van der Waals surface area contributed by atoms with Crippen LogP contribution in [0.1, 0.15) is 62.6 Å². The molecule has 1 aromatic carbocycles. The molecule has 1 aromatic rings. The van der Waals surface area contributed by atoms with Crippen molar-refractivity contribution in [2.24, 2.45) is 5.92 Å². The Balaban J connectivity index is 1.57. The van der Waals surface area contributed by atoms with Gasteiger partial charge in [0.1, 0.15) is 0 Å². The van der Waals surface area contributed by atoms with Crippen LogP contribution in [0.15, 0.2) is 65.3 Å². The van der Waals surface area contributed by atoms with Crippen molar-refractivity contribution >= 4 is 11.6 Å². The fourth-order valence-electron chi connectivity index (χ4n) is 4.19. The van der Waals surface area contributed by atoms with Gasteiger partial charge < -0.3 is 0 Å². The van der Waals surface area contributed by atoms with Crippen LogP contribution < -0.4 is 0 Å². The number of hydrogen-bond acceptors (Lipinski definition) is 0. The molecule has 0 aliphatic heterocycles. The minimum Gasteiger partial charge on any atom is -0.0798 e. The van der Waals surface area contributed by atoms with Crippen molar-refractivity contribution in [1.29, 1.82) is 0 Å². The molecular weight excluding hydrogens is 288 g/mol. The second-order valence-electron chi connectivity index (χ2n) is 7.74. The first-order valence-electron chi connectivity index (χ1n) is 9.21. The Kier molecular flexibility index (Phi) is 3.92. The lowest BCUT2D eigenvalue weighted by molar-refractivity contribution is 0.553. The van der Waals surface area contributed by atoms with Gasteiger partial charge in [-0.15, -0.1) is 0 Å². The molecule has 0 nitrogen and oxygen atoms in total. The molecule has 1 unspecified atom stereocenters. The van der Waals surface area contributed by atoms with E-state index in [2.05, 4.69) is 75.4 Å². The van der Waals surface area contributed by atoms with Crippen molar-refractivity contribution in [1.82, 2.24) is 0 Å². The first kappa shape index (κ1) is 15.4. The van der Waals surface area contributed by atoms with Crippen LogP contribution in [-0.2, 0) is 0 Å². The Morgan fingerprint density at radius 1 is 1.12 bits per heavy atom. The van der Waals surface area contributed by atoms with Gasteiger partial charge in [0, 0.05) is 5.92 Å². The second-order valence-corrected chi connectivity index (χ2v) is 7.74. The summed E-state index contributed by atoms with van der Waals surface area (Å²) in [5.74, 6) is 1.35. The molecular formula is C24H26. The number of fused-ring (bicyclic) bond motifs is 1. The SMILES string of the molecule is CC1=C(C2=CCC(c3ccc4c(c3)C=CC4CC(C)C)=C2)CC=C1. The van der Waals surface area contributed by atoms with Gasteiger partial charge in [-0.3, -0.25) is 0 Å². The third kappa shape index (κ3) is 2.75. The molecule has 0 spiro atoms. The van der Waals surface area contributed by atoms with Crippen LogP contribution in [0, 0.1) is 5.92 Å². The summed E-state index contributed by atoms with van der Waals surface area (Å²) in [6.07, 6.45) is 17.4. The molecule has 0 aromatic heterocycles. The van der Waals surface area contributed by atoms with Crippen LogP contribution in [0.2, 0.25) is 0 Å². The summed E-state index contributed by atoms with van der Waals surface area (Å²) in [6, 6.07) is 7.08. The van der Waals surface area contributed by atoms with Gasteiger partial charge in [0.25, 0.3) is 0 Å². The van der Waals surface area contributed by atoms with Crippen molar-refractivity contribution in [2.75, 3.05) is 0 Å². The summed E-state index contributed by atoms with van der Waals surface area (Å²) in [4.78, 5) is 0. The summed E-state index contributed by atoms with van der Waals surface area (Å²) in [5, 5.41) is 0. The van der Waals surface area contributed by atoms with E-state index in [0.29, 0.717) is 5.92 Å². The second kappa shape index (κ2) is 6.09. The molecule has 0 saturated carbocycles. The lowest BCUT2D eigenvalue weighted by atomic mass is 9.90. The van der Waals surface area contributed by atoms with E-state index in [4.69, 9.17) is 0 Å². The highest BCUT2D eigenvalue weighted by molar-refractivity contribution is 5.78. The lowest BCUT2D eigenvalue weighted by Gasteiger charge is -2.14. The molecule has 0 heterocycles. The van der Waals surface area contributed by atoms with Crippen molar-refractivity contribution < 1.29 is 0 Å². The number of allylic oxidation sites excluding steroid dienone is 9. The first-order chi connectivity index (χ1) is 11.6. The van der Waals surface area contributed by atoms with Crippen LogP contribution >= 0.6 is 0 Å². The zero-order valence-corrected chi connectivity index (χ0v) is 15.0. The zero-order valence-electron chi connectivity index (χ0n) is 15.0. The van der Waals surface area contributed by atoms with Gasteiger partial charge in [-0.2, -0.15) is 0 Å². The van der Waals surface area contributed by atoms with E-state index < -0.39 is 0 Å². The smallest absolute Gasteiger partial charge is 0.00296 e. The average Bonchev–Trinajstić information content (AvgIpc) is 3.26. The summed E-state index contributed by atoms with van der Waals surface area (Å²) in [7, 11) is 0. The maximum atomic E-state index is 2.40. The summed E-state index contributed by atoms with van der Waals surface area (Å²) >= 11 is 0. The minimum absolute atomic E-state index is 0.609. The van der Waals surface area contributed by atoms with E-state index in [1.54, 1.807) is 0 Å². The van der Waals surface area contributed by atoms with Gasteiger partial charge in [0.05, 0.1) is 0 Å². The molecule has 0 radical (unpaired) electrons. The Morgan fingerprint density at radius 2 is 2.00 bits per heavy atom. The van der Waals surface area contributed by atoms with Crippen molar-refractivity contribution in [3.05, 3.63) is 82.0 Å². The molecule has 0 saturated heterocycles.